The molecule has 4 aromatic rings. The fourth-order valence-corrected chi connectivity index (χ4v) is 4.56. The number of nitrogens with one attached hydrogen (secondary N) is 2. The second kappa shape index (κ2) is 12.1. The minimum atomic E-state index is -1.11. The number of aromatic nitrogens is 4. The minimum absolute atomic E-state index is 0.192. The number of anilines is 3. The molecule has 0 radical (unpaired) electrons. The Morgan fingerprint density at radius 3 is 2.95 bits per heavy atom. The summed E-state index contributed by atoms with van der Waals surface area (Å²) in [6.45, 7) is 3.55. The number of hydrogen-bond donors (Lipinski definition) is 3. The summed E-state index contributed by atoms with van der Waals surface area (Å²) in [6, 6.07) is 9.18. The van der Waals surface area contributed by atoms with Gasteiger partial charge in [-0.25, -0.2) is 18.7 Å². The van der Waals surface area contributed by atoms with Gasteiger partial charge in [0.1, 0.15) is 24.4 Å². The SMILES string of the molecule is O=C(Cn1cc(Nc2ncnc3cc(OCCCN4CC[C@H](CO)C4)ccc23)cn1)Nc1cccc(F)c1F. The van der Waals surface area contributed by atoms with E-state index in [0.29, 0.717) is 29.5 Å². The number of likely N-dealkylation sites (tertiary alicyclic amines) is 1. The van der Waals surface area contributed by atoms with Crippen molar-refractivity contribution in [2.45, 2.75) is 19.4 Å². The second-order valence-corrected chi connectivity index (χ2v) is 9.44. The molecule has 0 unspecified atom stereocenters. The van der Waals surface area contributed by atoms with Crippen LogP contribution in [0.4, 0.5) is 26.0 Å². The lowest BCUT2D eigenvalue weighted by Gasteiger charge is -2.15. The fourth-order valence-electron chi connectivity index (χ4n) is 4.56. The standard InChI is InChI=1S/C27H29F2N7O3/c28-22-3-1-4-23(26(22)29)34-25(38)15-36-14-19(12-32-36)33-27-21-6-5-20(11-24(21)30-17-31-27)39-10-2-8-35-9-7-18(13-35)16-37/h1,3-6,11-12,14,17-18,37H,2,7-10,13,15-16H2,(H,34,38)(H,30,31,33)/t18-/m0/s1. The molecule has 2 aromatic heterocycles. The topological polar surface area (TPSA) is 117 Å². The third-order valence-corrected chi connectivity index (χ3v) is 6.55. The summed E-state index contributed by atoms with van der Waals surface area (Å²) in [4.78, 5) is 23.3. The molecule has 5 rings (SSSR count). The normalized spacial score (nSPS) is 15.5. The van der Waals surface area contributed by atoms with Crippen LogP contribution in [0.3, 0.4) is 0 Å². The molecule has 1 aliphatic heterocycles. The number of carbonyl (C=O) groups excluding carboxylic acids is 1. The molecule has 1 saturated heterocycles. The number of ether oxygens (including phenoxy) is 1. The van der Waals surface area contributed by atoms with E-state index in [-0.39, 0.29) is 18.8 Å². The predicted octanol–water partition coefficient (Wildman–Crippen LogP) is 3.57. The summed E-state index contributed by atoms with van der Waals surface area (Å²) in [6.07, 6.45) is 6.53. The van der Waals surface area contributed by atoms with E-state index in [1.54, 1.807) is 6.20 Å². The molecule has 0 saturated carbocycles. The average molecular weight is 538 g/mol. The number of halogens is 2. The Labute approximate surface area is 223 Å². The van der Waals surface area contributed by atoms with Gasteiger partial charge in [0, 0.05) is 37.3 Å². The van der Waals surface area contributed by atoms with Crippen LogP contribution in [0.5, 0.6) is 5.75 Å². The number of nitrogens with zero attached hydrogens (tertiary/aromatic N) is 5. The zero-order valence-electron chi connectivity index (χ0n) is 21.2. The lowest BCUT2D eigenvalue weighted by Crippen LogP contribution is -2.24. The van der Waals surface area contributed by atoms with E-state index in [0.717, 1.165) is 49.7 Å². The number of aliphatic hydroxyl groups excluding tert-OH is 1. The van der Waals surface area contributed by atoms with Crippen molar-refractivity contribution in [2.75, 3.05) is 43.5 Å². The van der Waals surface area contributed by atoms with E-state index in [2.05, 4.69) is 30.6 Å². The monoisotopic (exact) mass is 537 g/mol. The van der Waals surface area contributed by atoms with Crippen LogP contribution in [0.1, 0.15) is 12.8 Å². The molecule has 0 spiro atoms. The van der Waals surface area contributed by atoms with Crippen LogP contribution in [0.2, 0.25) is 0 Å². The van der Waals surface area contributed by atoms with Crippen molar-refractivity contribution < 1.29 is 23.4 Å². The highest BCUT2D eigenvalue weighted by Gasteiger charge is 2.21. The van der Waals surface area contributed by atoms with Crippen molar-refractivity contribution in [3.8, 4) is 5.75 Å². The first-order valence-corrected chi connectivity index (χ1v) is 12.7. The van der Waals surface area contributed by atoms with Gasteiger partial charge < -0.3 is 25.4 Å². The van der Waals surface area contributed by atoms with Crippen LogP contribution in [-0.2, 0) is 11.3 Å². The summed E-state index contributed by atoms with van der Waals surface area (Å²) < 4.78 is 34.5. The summed E-state index contributed by atoms with van der Waals surface area (Å²) in [7, 11) is 0. The molecule has 1 atom stereocenters. The molecule has 1 fully saturated rings. The molecule has 2 aromatic carbocycles. The Balaban J connectivity index is 1.15. The molecule has 10 nitrogen and oxygen atoms in total. The van der Waals surface area contributed by atoms with Crippen LogP contribution in [0, 0.1) is 17.6 Å². The number of carbonyl (C=O) groups is 1. The van der Waals surface area contributed by atoms with Crippen LogP contribution in [0.15, 0.2) is 55.1 Å². The van der Waals surface area contributed by atoms with Gasteiger partial charge in [0.25, 0.3) is 0 Å². The average Bonchev–Trinajstić information content (AvgIpc) is 3.58. The first-order chi connectivity index (χ1) is 19.0. The van der Waals surface area contributed by atoms with E-state index in [4.69, 9.17) is 4.74 Å². The van der Waals surface area contributed by atoms with Gasteiger partial charge in [-0.3, -0.25) is 9.48 Å². The molecule has 0 aliphatic carbocycles. The summed E-state index contributed by atoms with van der Waals surface area (Å²) in [5.74, 6) is -1.04. The van der Waals surface area contributed by atoms with Crippen LogP contribution >= 0.6 is 0 Å². The van der Waals surface area contributed by atoms with E-state index >= 15 is 0 Å². The largest absolute Gasteiger partial charge is 0.493 e. The molecule has 3 N–H and O–H groups in total. The Hall–Kier alpha value is -4.16. The molecule has 0 bridgehead atoms. The Bertz CT molecular complexity index is 1450. The van der Waals surface area contributed by atoms with Gasteiger partial charge in [-0.2, -0.15) is 5.10 Å². The Morgan fingerprint density at radius 2 is 2.10 bits per heavy atom. The minimum Gasteiger partial charge on any atom is -0.493 e. The highest BCUT2D eigenvalue weighted by molar-refractivity contribution is 5.92. The van der Waals surface area contributed by atoms with Gasteiger partial charge in [0.05, 0.1) is 29.7 Å². The van der Waals surface area contributed by atoms with E-state index in [1.807, 2.05) is 18.2 Å². The fraction of sp³-hybridized carbons (Fsp3) is 0.333. The Morgan fingerprint density at radius 1 is 1.21 bits per heavy atom. The summed E-state index contributed by atoms with van der Waals surface area (Å²) >= 11 is 0. The van der Waals surface area contributed by atoms with E-state index in [9.17, 15) is 18.7 Å². The van der Waals surface area contributed by atoms with Crippen molar-refractivity contribution >= 4 is 34.0 Å². The van der Waals surface area contributed by atoms with Crippen molar-refractivity contribution in [1.82, 2.24) is 24.6 Å². The maximum atomic E-state index is 13.8. The summed E-state index contributed by atoms with van der Waals surface area (Å²) in [5, 5.41) is 19.7. The maximum Gasteiger partial charge on any atom is 0.246 e. The number of benzene rings is 2. The third kappa shape index (κ3) is 6.65. The molecule has 1 aliphatic rings. The molecule has 1 amide bonds. The van der Waals surface area contributed by atoms with Crippen LogP contribution < -0.4 is 15.4 Å². The van der Waals surface area contributed by atoms with Gasteiger partial charge in [-0.05, 0) is 49.6 Å². The zero-order valence-corrected chi connectivity index (χ0v) is 21.2. The number of rotatable bonds is 11. The van der Waals surface area contributed by atoms with Gasteiger partial charge in [0.2, 0.25) is 5.91 Å². The first kappa shape index (κ1) is 26.4. The molecular formula is C27H29F2N7O3. The molecular weight excluding hydrogens is 508 g/mol. The molecule has 3 heterocycles. The number of hydrogen-bond acceptors (Lipinski definition) is 8. The number of fused-ring (bicyclic) bond motifs is 1. The van der Waals surface area contributed by atoms with E-state index < -0.39 is 17.5 Å². The van der Waals surface area contributed by atoms with Crippen molar-refractivity contribution in [3.05, 3.63) is 66.8 Å². The lowest BCUT2D eigenvalue weighted by atomic mass is 10.1. The second-order valence-electron chi connectivity index (χ2n) is 9.44. The molecule has 39 heavy (non-hydrogen) atoms. The third-order valence-electron chi connectivity index (χ3n) is 6.55. The van der Waals surface area contributed by atoms with Gasteiger partial charge in [-0.1, -0.05) is 6.07 Å². The van der Waals surface area contributed by atoms with Gasteiger partial charge in [-0.15, -0.1) is 0 Å². The smallest absolute Gasteiger partial charge is 0.246 e. The summed E-state index contributed by atoms with van der Waals surface area (Å²) in [5.41, 5.74) is 1.06. The highest BCUT2D eigenvalue weighted by atomic mass is 19.2. The number of aliphatic hydroxyl groups is 1. The van der Waals surface area contributed by atoms with Crippen LogP contribution in [-0.4, -0.2) is 68.5 Å². The van der Waals surface area contributed by atoms with E-state index in [1.165, 1.54) is 29.3 Å². The lowest BCUT2D eigenvalue weighted by molar-refractivity contribution is -0.116. The Kier molecular flexibility index (Phi) is 8.23. The number of amides is 1. The predicted molar refractivity (Wildman–Crippen MR) is 142 cm³/mol. The molecule has 204 valence electrons. The van der Waals surface area contributed by atoms with Gasteiger partial charge >= 0.3 is 0 Å². The maximum absolute atomic E-state index is 13.8. The zero-order chi connectivity index (χ0) is 27.2. The quantitative estimate of drug-likeness (QED) is 0.249. The van der Waals surface area contributed by atoms with Crippen molar-refractivity contribution in [1.29, 1.82) is 0 Å². The highest BCUT2D eigenvalue weighted by Crippen LogP contribution is 2.26. The first-order valence-electron chi connectivity index (χ1n) is 12.7. The van der Waals surface area contributed by atoms with Crippen molar-refractivity contribution in [3.63, 3.8) is 0 Å². The van der Waals surface area contributed by atoms with Crippen LogP contribution in [0.25, 0.3) is 10.9 Å². The van der Waals surface area contributed by atoms with Crippen molar-refractivity contribution in [2.24, 2.45) is 5.92 Å². The van der Waals surface area contributed by atoms with Gasteiger partial charge in [0.15, 0.2) is 11.6 Å². The molecule has 12 heteroatoms.